The fourth-order valence-electron chi connectivity index (χ4n) is 3.22. The van der Waals surface area contributed by atoms with Gasteiger partial charge in [0, 0.05) is 29.1 Å². The molecule has 30 heavy (non-hydrogen) atoms. The van der Waals surface area contributed by atoms with E-state index >= 15 is 0 Å². The van der Waals surface area contributed by atoms with E-state index < -0.39 is 16.7 Å². The molecule has 0 aliphatic carbocycles. The Morgan fingerprint density at radius 2 is 1.93 bits per heavy atom. The largest absolute Gasteiger partial charge is 0.318 e. The van der Waals surface area contributed by atoms with Gasteiger partial charge in [-0.1, -0.05) is 36.4 Å². The number of amides is 1. The number of nitro groups is 1. The molecule has 150 valence electrons. The number of non-ortho nitro benzene ring substituents is 1. The van der Waals surface area contributed by atoms with Crippen LogP contribution in [0.15, 0.2) is 65.8 Å². The highest BCUT2D eigenvalue weighted by Gasteiger charge is 2.19. The maximum atomic E-state index is 12.3. The zero-order valence-corrected chi connectivity index (χ0v) is 16.4. The van der Waals surface area contributed by atoms with Crippen molar-refractivity contribution in [2.24, 2.45) is 5.10 Å². The van der Waals surface area contributed by atoms with Gasteiger partial charge in [-0.25, -0.2) is 5.43 Å². The molecule has 1 aromatic heterocycles. The van der Waals surface area contributed by atoms with Crippen molar-refractivity contribution < 1.29 is 9.72 Å². The molecule has 0 unspecified atom stereocenters. The van der Waals surface area contributed by atoms with Gasteiger partial charge in [0.2, 0.25) is 0 Å². The van der Waals surface area contributed by atoms with E-state index in [-0.39, 0.29) is 5.69 Å². The lowest BCUT2D eigenvalue weighted by Gasteiger charge is -2.09. The Labute approximate surface area is 173 Å². The lowest BCUT2D eigenvalue weighted by Crippen LogP contribution is -2.24. The lowest BCUT2D eigenvalue weighted by molar-refractivity contribution is -0.384. The summed E-state index contributed by atoms with van der Waals surface area (Å²) in [5, 5.41) is 24.4. The van der Waals surface area contributed by atoms with Crippen molar-refractivity contribution in [3.05, 3.63) is 93.3 Å². The van der Waals surface area contributed by atoms with Crippen LogP contribution in [0.25, 0.3) is 5.69 Å². The molecular formula is C22H19N5O3. The van der Waals surface area contributed by atoms with E-state index in [1.807, 2.05) is 36.6 Å². The maximum absolute atomic E-state index is 12.3. The molecule has 3 rings (SSSR count). The number of aromatic nitrogens is 1. The van der Waals surface area contributed by atoms with E-state index in [4.69, 9.17) is 0 Å². The van der Waals surface area contributed by atoms with Crippen molar-refractivity contribution in [2.75, 3.05) is 0 Å². The van der Waals surface area contributed by atoms with E-state index in [0.717, 1.165) is 17.0 Å². The predicted molar refractivity (Wildman–Crippen MR) is 112 cm³/mol. The number of nitro benzene ring substituents is 1. The Balaban J connectivity index is 1.80. The molecule has 0 saturated heterocycles. The van der Waals surface area contributed by atoms with Gasteiger partial charge < -0.3 is 4.57 Å². The average molecular weight is 401 g/mol. The summed E-state index contributed by atoms with van der Waals surface area (Å²) in [6.45, 7) is 3.74. The molecule has 3 aromatic rings. The first kappa shape index (κ1) is 20.5. The molecular weight excluding hydrogens is 382 g/mol. The minimum atomic E-state index is -0.958. The van der Waals surface area contributed by atoms with Crippen molar-refractivity contribution in [1.82, 2.24) is 9.99 Å². The molecule has 1 heterocycles. The third kappa shape index (κ3) is 4.25. The van der Waals surface area contributed by atoms with Crippen LogP contribution in [-0.4, -0.2) is 21.6 Å². The van der Waals surface area contributed by atoms with E-state index in [0.29, 0.717) is 11.3 Å². The summed E-state index contributed by atoms with van der Waals surface area (Å²) in [6.07, 6.45) is 1.49. The van der Waals surface area contributed by atoms with Crippen molar-refractivity contribution in [3.63, 3.8) is 0 Å². The van der Waals surface area contributed by atoms with Gasteiger partial charge in [-0.15, -0.1) is 0 Å². The topological polar surface area (TPSA) is 113 Å². The molecule has 1 amide bonds. The standard InChI is InChI=1S/C22H19N5O3/c1-15-11-18(16(2)26(15)19-9-6-10-20(12-19)27(29)30)14-24-25-22(28)21(13-23)17-7-4-3-5-8-17/h3-12,14,21H,1-2H3,(H,25,28)/b24-14-/t21-/m0/s1. The smallest absolute Gasteiger partial charge is 0.271 e. The summed E-state index contributed by atoms with van der Waals surface area (Å²) >= 11 is 0. The van der Waals surface area contributed by atoms with Crippen molar-refractivity contribution in [3.8, 4) is 11.8 Å². The Morgan fingerprint density at radius 3 is 2.60 bits per heavy atom. The number of nitrogens with one attached hydrogen (secondary N) is 1. The van der Waals surface area contributed by atoms with Crippen LogP contribution in [0, 0.1) is 35.3 Å². The van der Waals surface area contributed by atoms with Gasteiger partial charge in [0.1, 0.15) is 0 Å². The van der Waals surface area contributed by atoms with E-state index in [1.54, 1.807) is 36.4 Å². The number of aryl methyl sites for hydroxylation is 1. The number of nitriles is 1. The second-order valence-electron chi connectivity index (χ2n) is 6.65. The lowest BCUT2D eigenvalue weighted by atomic mass is 10.0. The van der Waals surface area contributed by atoms with Crippen LogP contribution in [0.4, 0.5) is 5.69 Å². The number of hydrogen-bond donors (Lipinski definition) is 1. The minimum Gasteiger partial charge on any atom is -0.318 e. The second-order valence-corrected chi connectivity index (χ2v) is 6.65. The fraction of sp³-hybridized carbons (Fsp3) is 0.136. The number of benzene rings is 2. The number of carbonyl (C=O) groups is 1. The number of hydrogen-bond acceptors (Lipinski definition) is 5. The van der Waals surface area contributed by atoms with Crippen molar-refractivity contribution in [1.29, 1.82) is 5.26 Å². The molecule has 1 atom stereocenters. The van der Waals surface area contributed by atoms with Gasteiger partial charge >= 0.3 is 0 Å². The maximum Gasteiger partial charge on any atom is 0.271 e. The Kier molecular flexibility index (Phi) is 6.03. The normalized spacial score (nSPS) is 11.8. The van der Waals surface area contributed by atoms with Crippen LogP contribution in [0.2, 0.25) is 0 Å². The summed E-state index contributed by atoms with van der Waals surface area (Å²) in [6, 6.07) is 19.0. The Morgan fingerprint density at radius 1 is 1.20 bits per heavy atom. The van der Waals surface area contributed by atoms with Gasteiger partial charge in [-0.3, -0.25) is 14.9 Å². The number of carbonyl (C=O) groups excluding carboxylic acids is 1. The van der Waals surface area contributed by atoms with Gasteiger partial charge in [0.05, 0.1) is 22.9 Å². The molecule has 0 bridgehead atoms. The molecule has 0 aliphatic heterocycles. The van der Waals surface area contributed by atoms with Crippen LogP contribution in [0.1, 0.15) is 28.4 Å². The van der Waals surface area contributed by atoms with Gasteiger partial charge in [-0.2, -0.15) is 10.4 Å². The first-order valence-electron chi connectivity index (χ1n) is 9.13. The van der Waals surface area contributed by atoms with E-state index in [9.17, 15) is 20.2 Å². The molecule has 0 radical (unpaired) electrons. The zero-order valence-electron chi connectivity index (χ0n) is 16.4. The Bertz CT molecular complexity index is 1160. The molecule has 0 fully saturated rings. The zero-order chi connectivity index (χ0) is 21.7. The van der Waals surface area contributed by atoms with Gasteiger partial charge in [0.15, 0.2) is 5.92 Å². The first-order valence-corrected chi connectivity index (χ1v) is 9.13. The summed E-state index contributed by atoms with van der Waals surface area (Å²) in [5.74, 6) is -1.48. The Hall–Kier alpha value is -4.25. The van der Waals surface area contributed by atoms with Crippen LogP contribution in [0.3, 0.4) is 0 Å². The van der Waals surface area contributed by atoms with E-state index in [1.165, 1.54) is 18.3 Å². The highest BCUT2D eigenvalue weighted by Crippen LogP contribution is 2.23. The first-order chi connectivity index (χ1) is 14.4. The quantitative estimate of drug-likeness (QED) is 0.385. The van der Waals surface area contributed by atoms with Crippen LogP contribution >= 0.6 is 0 Å². The third-order valence-electron chi connectivity index (χ3n) is 4.67. The fourth-order valence-corrected chi connectivity index (χ4v) is 3.22. The third-order valence-corrected chi connectivity index (χ3v) is 4.67. The second kappa shape index (κ2) is 8.84. The van der Waals surface area contributed by atoms with Crippen LogP contribution in [0.5, 0.6) is 0 Å². The highest BCUT2D eigenvalue weighted by molar-refractivity contribution is 5.88. The number of rotatable bonds is 6. The monoisotopic (exact) mass is 401 g/mol. The summed E-state index contributed by atoms with van der Waals surface area (Å²) < 4.78 is 1.87. The van der Waals surface area contributed by atoms with Gasteiger partial charge in [0.25, 0.3) is 11.6 Å². The molecule has 2 aromatic carbocycles. The van der Waals surface area contributed by atoms with Crippen LogP contribution < -0.4 is 5.43 Å². The van der Waals surface area contributed by atoms with Gasteiger partial charge in [-0.05, 0) is 31.5 Å². The summed E-state index contributed by atoms with van der Waals surface area (Å²) in [5.41, 5.74) is 6.09. The summed E-state index contributed by atoms with van der Waals surface area (Å²) in [4.78, 5) is 23.0. The molecule has 1 N–H and O–H groups in total. The average Bonchev–Trinajstić information content (AvgIpc) is 3.02. The minimum absolute atomic E-state index is 0.00550. The number of hydrazone groups is 1. The number of nitrogens with zero attached hydrogens (tertiary/aromatic N) is 4. The van der Waals surface area contributed by atoms with Crippen molar-refractivity contribution >= 4 is 17.8 Å². The van der Waals surface area contributed by atoms with Crippen LogP contribution in [-0.2, 0) is 4.79 Å². The van der Waals surface area contributed by atoms with E-state index in [2.05, 4.69) is 10.5 Å². The molecule has 0 aliphatic rings. The SMILES string of the molecule is Cc1cc(/C=N\NC(=O)[C@@H](C#N)c2ccccc2)c(C)n1-c1cccc([N+](=O)[O-])c1. The molecule has 0 saturated carbocycles. The molecule has 0 spiro atoms. The molecule has 8 nitrogen and oxygen atoms in total. The van der Waals surface area contributed by atoms with Crippen molar-refractivity contribution in [2.45, 2.75) is 19.8 Å². The predicted octanol–water partition coefficient (Wildman–Crippen LogP) is 3.76. The summed E-state index contributed by atoms with van der Waals surface area (Å²) in [7, 11) is 0. The highest BCUT2D eigenvalue weighted by atomic mass is 16.6. The molecule has 8 heteroatoms.